The molecule has 0 heterocycles. The zero-order valence-corrected chi connectivity index (χ0v) is 8.05. The third-order valence-corrected chi connectivity index (χ3v) is 2.21. The molecule has 0 unspecified atom stereocenters. The molecule has 0 bridgehead atoms. The molecule has 0 N–H and O–H groups in total. The molecule has 72 valence electrons. The van der Waals surface area contributed by atoms with Crippen LogP contribution in [0.4, 0.5) is 0 Å². The first-order valence-electron chi connectivity index (χ1n) is 4.39. The zero-order valence-electron chi connectivity index (χ0n) is 8.05. The van der Waals surface area contributed by atoms with E-state index in [-0.39, 0.29) is 0 Å². The molecule has 1 aliphatic rings. The second-order valence-corrected chi connectivity index (χ2v) is 2.96. The van der Waals surface area contributed by atoms with Crippen molar-refractivity contribution in [3.8, 4) is 0 Å². The van der Waals surface area contributed by atoms with Crippen LogP contribution >= 0.6 is 0 Å². The number of methoxy groups -OCH3 is 2. The molecule has 0 saturated heterocycles. The van der Waals surface area contributed by atoms with Crippen LogP contribution in [-0.4, -0.2) is 20.2 Å². The maximum Gasteiger partial charge on any atom is 0.282 e. The molecule has 1 saturated carbocycles. The Hall–Kier alpha value is -1.21. The fourth-order valence-electron chi connectivity index (χ4n) is 1.57. The van der Waals surface area contributed by atoms with E-state index in [2.05, 4.69) is 0 Å². The molecular weight excluding hydrogens is 168 g/mol. The van der Waals surface area contributed by atoms with Crippen molar-refractivity contribution < 1.29 is 14.3 Å². The number of hydrogen-bond acceptors (Lipinski definition) is 3. The molecule has 1 aliphatic carbocycles. The van der Waals surface area contributed by atoms with E-state index in [9.17, 15) is 4.79 Å². The normalized spacial score (nSPS) is 16.5. The first-order valence-corrected chi connectivity index (χ1v) is 4.39. The number of allylic oxidation sites excluding steroid dienone is 2. The van der Waals surface area contributed by atoms with Gasteiger partial charge in [0.2, 0.25) is 0 Å². The summed E-state index contributed by atoms with van der Waals surface area (Å²) in [5.74, 6) is 2.41. The van der Waals surface area contributed by atoms with Gasteiger partial charge in [0.15, 0.2) is 0 Å². The highest BCUT2D eigenvalue weighted by atomic mass is 16.7. The van der Waals surface area contributed by atoms with Crippen LogP contribution in [0.2, 0.25) is 0 Å². The van der Waals surface area contributed by atoms with Gasteiger partial charge in [-0.2, -0.15) is 0 Å². The number of rotatable bonds is 2. The maximum absolute atomic E-state index is 10.6. The molecule has 0 aromatic carbocycles. The van der Waals surface area contributed by atoms with Crippen molar-refractivity contribution in [2.45, 2.75) is 25.7 Å². The van der Waals surface area contributed by atoms with Crippen LogP contribution in [0.15, 0.2) is 17.1 Å². The van der Waals surface area contributed by atoms with Crippen molar-refractivity contribution in [3.63, 3.8) is 0 Å². The van der Waals surface area contributed by atoms with E-state index in [1.54, 1.807) is 14.2 Å². The lowest BCUT2D eigenvalue weighted by Gasteiger charge is -2.17. The molecule has 13 heavy (non-hydrogen) atoms. The number of ether oxygens (including phenoxy) is 2. The van der Waals surface area contributed by atoms with Crippen LogP contribution in [0.25, 0.3) is 0 Å². The maximum atomic E-state index is 10.6. The Morgan fingerprint density at radius 3 is 2.38 bits per heavy atom. The van der Waals surface area contributed by atoms with Crippen molar-refractivity contribution in [1.29, 1.82) is 0 Å². The topological polar surface area (TPSA) is 35.5 Å². The fraction of sp³-hybridized carbons (Fsp3) is 0.600. The summed E-state index contributed by atoms with van der Waals surface area (Å²) in [6.45, 7) is 0. The molecule has 0 aromatic rings. The summed E-state index contributed by atoms with van der Waals surface area (Å²) in [6.07, 6.45) is 3.77. The van der Waals surface area contributed by atoms with Gasteiger partial charge in [0, 0.05) is 11.1 Å². The first-order chi connectivity index (χ1) is 6.33. The third kappa shape index (κ3) is 2.13. The summed E-state index contributed by atoms with van der Waals surface area (Å²) in [7, 11) is 3.09. The van der Waals surface area contributed by atoms with Crippen LogP contribution < -0.4 is 0 Å². The van der Waals surface area contributed by atoms with Gasteiger partial charge in [0.25, 0.3) is 5.95 Å². The minimum absolute atomic E-state index is 0.457. The van der Waals surface area contributed by atoms with Gasteiger partial charge in [0.05, 0.1) is 14.2 Å². The summed E-state index contributed by atoms with van der Waals surface area (Å²) >= 11 is 0. The van der Waals surface area contributed by atoms with Crippen molar-refractivity contribution in [3.05, 3.63) is 17.1 Å². The molecule has 0 amide bonds. The largest absolute Gasteiger partial charge is 0.469 e. The van der Waals surface area contributed by atoms with E-state index >= 15 is 0 Å². The molecule has 1 rings (SSSR count). The van der Waals surface area contributed by atoms with Crippen LogP contribution in [0.1, 0.15) is 25.7 Å². The lowest BCUT2D eigenvalue weighted by atomic mass is 9.91. The van der Waals surface area contributed by atoms with E-state index in [0.717, 1.165) is 31.3 Å². The second kappa shape index (κ2) is 4.73. The standard InChI is InChI=1S/C10H14O3/c1-12-10(13-2)9-6-4-3-5-8(9)7-11/h3-6H2,1-2H3. The van der Waals surface area contributed by atoms with Gasteiger partial charge in [-0.25, -0.2) is 4.79 Å². The molecule has 3 heteroatoms. The summed E-state index contributed by atoms with van der Waals surface area (Å²) < 4.78 is 10.1. The third-order valence-electron chi connectivity index (χ3n) is 2.21. The van der Waals surface area contributed by atoms with Crippen molar-refractivity contribution in [2.75, 3.05) is 14.2 Å². The second-order valence-electron chi connectivity index (χ2n) is 2.96. The smallest absolute Gasteiger partial charge is 0.282 e. The highest BCUT2D eigenvalue weighted by Gasteiger charge is 2.18. The molecule has 1 fully saturated rings. The number of hydrogen-bond donors (Lipinski definition) is 0. The van der Waals surface area contributed by atoms with Crippen molar-refractivity contribution >= 4 is 5.94 Å². The Morgan fingerprint density at radius 1 is 1.23 bits per heavy atom. The zero-order chi connectivity index (χ0) is 9.68. The van der Waals surface area contributed by atoms with E-state index in [4.69, 9.17) is 9.47 Å². The predicted octanol–water partition coefficient (Wildman–Crippen LogP) is 1.82. The minimum Gasteiger partial charge on any atom is -0.469 e. The Balaban J connectivity index is 2.97. The van der Waals surface area contributed by atoms with Gasteiger partial charge in [0.1, 0.15) is 5.94 Å². The van der Waals surface area contributed by atoms with Gasteiger partial charge in [-0.1, -0.05) is 0 Å². The highest BCUT2D eigenvalue weighted by molar-refractivity contribution is 5.61. The Bertz CT molecular complexity index is 253. The SMILES string of the molecule is COC(OC)=C1CCCCC1=C=O. The molecule has 0 radical (unpaired) electrons. The van der Waals surface area contributed by atoms with Crippen LogP contribution in [-0.2, 0) is 14.3 Å². The Labute approximate surface area is 78.0 Å². The average Bonchev–Trinajstić information content (AvgIpc) is 2.20. The minimum atomic E-state index is 0.457. The van der Waals surface area contributed by atoms with Crippen LogP contribution in [0, 0.1) is 0 Å². The monoisotopic (exact) mass is 182 g/mol. The molecule has 0 aliphatic heterocycles. The molecular formula is C10H14O3. The van der Waals surface area contributed by atoms with Gasteiger partial charge in [-0.05, 0) is 25.7 Å². The molecule has 0 spiro atoms. The molecule has 0 aromatic heterocycles. The Kier molecular flexibility index (Phi) is 3.59. The summed E-state index contributed by atoms with van der Waals surface area (Å²) in [5.41, 5.74) is 1.58. The van der Waals surface area contributed by atoms with Crippen LogP contribution in [0.5, 0.6) is 0 Å². The van der Waals surface area contributed by atoms with Gasteiger partial charge in [-0.15, -0.1) is 0 Å². The van der Waals surface area contributed by atoms with E-state index in [0.29, 0.717) is 11.5 Å². The summed E-state index contributed by atoms with van der Waals surface area (Å²) in [4.78, 5) is 10.6. The van der Waals surface area contributed by atoms with Gasteiger partial charge in [-0.3, -0.25) is 0 Å². The Morgan fingerprint density at radius 2 is 1.85 bits per heavy atom. The van der Waals surface area contributed by atoms with E-state index in [1.807, 2.05) is 5.94 Å². The molecule has 0 atom stereocenters. The van der Waals surface area contributed by atoms with E-state index < -0.39 is 0 Å². The van der Waals surface area contributed by atoms with E-state index in [1.165, 1.54) is 0 Å². The van der Waals surface area contributed by atoms with Gasteiger partial charge < -0.3 is 9.47 Å². The first kappa shape index (κ1) is 9.87. The predicted molar refractivity (Wildman–Crippen MR) is 48.7 cm³/mol. The fourth-order valence-corrected chi connectivity index (χ4v) is 1.57. The van der Waals surface area contributed by atoms with Crippen LogP contribution in [0.3, 0.4) is 0 Å². The lowest BCUT2D eigenvalue weighted by Crippen LogP contribution is -2.05. The lowest BCUT2D eigenvalue weighted by molar-refractivity contribution is 0.0899. The highest BCUT2D eigenvalue weighted by Crippen LogP contribution is 2.29. The van der Waals surface area contributed by atoms with Gasteiger partial charge >= 0.3 is 0 Å². The summed E-state index contributed by atoms with van der Waals surface area (Å²) in [6, 6.07) is 0. The number of carbonyl (C=O) groups excluding carboxylic acids is 1. The average molecular weight is 182 g/mol. The van der Waals surface area contributed by atoms with Crippen molar-refractivity contribution in [1.82, 2.24) is 0 Å². The summed E-state index contributed by atoms with van der Waals surface area (Å²) in [5, 5.41) is 0. The quantitative estimate of drug-likeness (QED) is 0.482. The molecule has 3 nitrogen and oxygen atoms in total. The van der Waals surface area contributed by atoms with Crippen molar-refractivity contribution in [2.24, 2.45) is 0 Å².